The highest BCUT2D eigenvalue weighted by Crippen LogP contribution is 2.21. The van der Waals surface area contributed by atoms with Crippen molar-refractivity contribution in [2.45, 2.75) is 25.5 Å². The van der Waals surface area contributed by atoms with E-state index < -0.39 is 14.8 Å². The van der Waals surface area contributed by atoms with Crippen molar-refractivity contribution in [2.75, 3.05) is 13.1 Å². The third kappa shape index (κ3) is 1.54. The molecule has 0 saturated heterocycles. The van der Waals surface area contributed by atoms with Crippen LogP contribution >= 0.6 is 0 Å². The minimum Gasteiger partial charge on any atom is -0.212 e. The molecule has 0 atom stereocenters. The van der Waals surface area contributed by atoms with Gasteiger partial charge in [0, 0.05) is 13.1 Å². The Morgan fingerprint density at radius 3 is 1.92 bits per heavy atom. The smallest absolute Gasteiger partial charge is 0.212 e. The van der Waals surface area contributed by atoms with Gasteiger partial charge < -0.3 is 0 Å². The number of hydrogen-bond donors (Lipinski definition) is 0. The molecule has 0 bridgehead atoms. The van der Waals surface area contributed by atoms with Gasteiger partial charge in [0.25, 0.3) is 0 Å². The van der Waals surface area contributed by atoms with Crippen LogP contribution in [0.25, 0.3) is 0 Å². The standard InChI is InChI=1S/C8H15NO2S/c1-8(2,3)12(10,11)9-6-4-5-7-9/h4-5H,6-7H2,1-3H3. The normalized spacial score (nSPS) is 20.2. The second-order valence-corrected chi connectivity index (χ2v) is 6.60. The Balaban J connectivity index is 2.87. The Labute approximate surface area is 74.1 Å². The predicted molar refractivity (Wildman–Crippen MR) is 49.4 cm³/mol. The molecule has 0 aromatic rings. The van der Waals surface area contributed by atoms with Gasteiger partial charge in [-0.15, -0.1) is 0 Å². The molecule has 70 valence electrons. The van der Waals surface area contributed by atoms with E-state index in [-0.39, 0.29) is 0 Å². The van der Waals surface area contributed by atoms with Crippen molar-refractivity contribution < 1.29 is 8.42 Å². The zero-order valence-electron chi connectivity index (χ0n) is 7.74. The summed E-state index contributed by atoms with van der Waals surface area (Å²) in [7, 11) is -3.11. The molecule has 0 aromatic carbocycles. The highest BCUT2D eigenvalue weighted by Gasteiger charge is 2.34. The Hall–Kier alpha value is -0.350. The molecule has 0 fully saturated rings. The first kappa shape index (κ1) is 9.74. The fraction of sp³-hybridized carbons (Fsp3) is 0.750. The van der Waals surface area contributed by atoms with Crippen LogP contribution in [0.1, 0.15) is 20.8 Å². The first-order valence-electron chi connectivity index (χ1n) is 4.00. The summed E-state index contributed by atoms with van der Waals surface area (Å²) < 4.78 is 24.3. The molecule has 0 radical (unpaired) electrons. The molecule has 0 amide bonds. The van der Waals surface area contributed by atoms with Crippen molar-refractivity contribution in [1.82, 2.24) is 4.31 Å². The molecular formula is C8H15NO2S. The van der Waals surface area contributed by atoms with Crippen LogP contribution < -0.4 is 0 Å². The lowest BCUT2D eigenvalue weighted by Gasteiger charge is -2.26. The molecule has 0 N–H and O–H groups in total. The van der Waals surface area contributed by atoms with Crippen LogP contribution in [0.3, 0.4) is 0 Å². The van der Waals surface area contributed by atoms with Crippen LogP contribution in [0.4, 0.5) is 0 Å². The Morgan fingerprint density at radius 1 is 1.17 bits per heavy atom. The molecule has 1 heterocycles. The zero-order valence-corrected chi connectivity index (χ0v) is 8.56. The maximum atomic E-state index is 11.7. The number of nitrogens with zero attached hydrogens (tertiary/aromatic N) is 1. The van der Waals surface area contributed by atoms with Gasteiger partial charge in [-0.3, -0.25) is 0 Å². The van der Waals surface area contributed by atoms with E-state index in [1.165, 1.54) is 4.31 Å². The summed E-state index contributed by atoms with van der Waals surface area (Å²) in [6.07, 6.45) is 3.76. The highest BCUT2D eigenvalue weighted by atomic mass is 32.2. The van der Waals surface area contributed by atoms with Gasteiger partial charge in [0.05, 0.1) is 4.75 Å². The van der Waals surface area contributed by atoms with Crippen LogP contribution in [0.15, 0.2) is 12.2 Å². The molecule has 1 aliphatic rings. The maximum absolute atomic E-state index is 11.7. The summed E-state index contributed by atoms with van der Waals surface area (Å²) in [5.74, 6) is 0. The van der Waals surface area contributed by atoms with Gasteiger partial charge in [0.2, 0.25) is 10.0 Å². The molecule has 0 saturated carbocycles. The van der Waals surface area contributed by atoms with E-state index in [0.717, 1.165) is 0 Å². The molecule has 0 spiro atoms. The summed E-state index contributed by atoms with van der Waals surface area (Å²) >= 11 is 0. The fourth-order valence-electron chi connectivity index (χ4n) is 1.04. The SMILES string of the molecule is CC(C)(C)S(=O)(=O)N1CC=CC1. The molecule has 0 aliphatic carbocycles. The number of rotatable bonds is 1. The first-order valence-corrected chi connectivity index (χ1v) is 5.44. The van der Waals surface area contributed by atoms with Gasteiger partial charge in [-0.05, 0) is 20.8 Å². The van der Waals surface area contributed by atoms with Crippen molar-refractivity contribution in [3.8, 4) is 0 Å². The van der Waals surface area contributed by atoms with Crippen molar-refractivity contribution in [3.05, 3.63) is 12.2 Å². The van der Waals surface area contributed by atoms with Crippen LogP contribution in [0, 0.1) is 0 Å². The summed E-state index contributed by atoms with van der Waals surface area (Å²) in [6.45, 7) is 6.22. The van der Waals surface area contributed by atoms with E-state index in [0.29, 0.717) is 13.1 Å². The summed E-state index contributed by atoms with van der Waals surface area (Å²) in [5.41, 5.74) is 0. The molecule has 0 aromatic heterocycles. The predicted octanol–water partition coefficient (Wildman–Crippen LogP) is 0.987. The van der Waals surface area contributed by atoms with E-state index in [4.69, 9.17) is 0 Å². The van der Waals surface area contributed by atoms with E-state index in [1.54, 1.807) is 20.8 Å². The lowest BCUT2D eigenvalue weighted by molar-refractivity contribution is 0.459. The van der Waals surface area contributed by atoms with Gasteiger partial charge in [0.1, 0.15) is 0 Å². The van der Waals surface area contributed by atoms with E-state index in [1.807, 2.05) is 12.2 Å². The molecule has 1 rings (SSSR count). The summed E-state index contributed by atoms with van der Waals surface area (Å²) in [6, 6.07) is 0. The van der Waals surface area contributed by atoms with E-state index in [9.17, 15) is 8.42 Å². The molecule has 1 aliphatic heterocycles. The van der Waals surface area contributed by atoms with Crippen molar-refractivity contribution in [2.24, 2.45) is 0 Å². The highest BCUT2D eigenvalue weighted by molar-refractivity contribution is 7.90. The molecule has 4 heteroatoms. The average Bonchev–Trinajstić information content (AvgIpc) is 2.34. The Bertz CT molecular complexity index is 277. The third-order valence-corrected chi connectivity index (χ3v) is 4.42. The van der Waals surface area contributed by atoms with Crippen molar-refractivity contribution in [3.63, 3.8) is 0 Å². The largest absolute Gasteiger partial charge is 0.219 e. The van der Waals surface area contributed by atoms with Crippen LogP contribution in [0.2, 0.25) is 0 Å². The van der Waals surface area contributed by atoms with Crippen LogP contribution in [0.5, 0.6) is 0 Å². The van der Waals surface area contributed by atoms with Crippen molar-refractivity contribution >= 4 is 10.0 Å². The van der Waals surface area contributed by atoms with Gasteiger partial charge in [-0.2, -0.15) is 4.31 Å². The average molecular weight is 189 g/mol. The summed E-state index contributed by atoms with van der Waals surface area (Å²) in [5, 5.41) is 0. The van der Waals surface area contributed by atoms with Gasteiger partial charge in [-0.1, -0.05) is 12.2 Å². The number of sulfonamides is 1. The first-order chi connectivity index (χ1) is 5.36. The van der Waals surface area contributed by atoms with Gasteiger partial charge in [-0.25, -0.2) is 8.42 Å². The van der Waals surface area contributed by atoms with E-state index in [2.05, 4.69) is 0 Å². The topological polar surface area (TPSA) is 37.4 Å². The van der Waals surface area contributed by atoms with Crippen LogP contribution in [-0.4, -0.2) is 30.6 Å². The molecular weight excluding hydrogens is 174 g/mol. The third-order valence-electron chi connectivity index (χ3n) is 1.90. The van der Waals surface area contributed by atoms with Gasteiger partial charge in [0.15, 0.2) is 0 Å². The van der Waals surface area contributed by atoms with Crippen LogP contribution in [-0.2, 0) is 10.0 Å². The van der Waals surface area contributed by atoms with E-state index >= 15 is 0 Å². The quantitative estimate of drug-likeness (QED) is 0.577. The van der Waals surface area contributed by atoms with Crippen molar-refractivity contribution in [1.29, 1.82) is 0 Å². The second-order valence-electron chi connectivity index (χ2n) is 3.91. The number of hydrogen-bond acceptors (Lipinski definition) is 2. The zero-order chi connectivity index (χ0) is 9.41. The summed E-state index contributed by atoms with van der Waals surface area (Å²) in [4.78, 5) is 0. The lowest BCUT2D eigenvalue weighted by Crippen LogP contribution is -2.41. The Morgan fingerprint density at radius 2 is 1.58 bits per heavy atom. The molecule has 0 unspecified atom stereocenters. The lowest BCUT2D eigenvalue weighted by atomic mass is 10.3. The molecule has 12 heavy (non-hydrogen) atoms. The maximum Gasteiger partial charge on any atom is 0.219 e. The monoisotopic (exact) mass is 189 g/mol. The minimum atomic E-state index is -3.11. The molecule has 3 nitrogen and oxygen atoms in total. The fourth-order valence-corrected chi connectivity index (χ4v) is 2.38. The Kier molecular flexibility index (Phi) is 2.31. The van der Waals surface area contributed by atoms with Gasteiger partial charge >= 0.3 is 0 Å². The minimum absolute atomic E-state index is 0.527. The second kappa shape index (κ2) is 2.85.